The van der Waals surface area contributed by atoms with Gasteiger partial charge in [0, 0.05) is 13.5 Å². The molecule has 0 heterocycles. The van der Waals surface area contributed by atoms with E-state index in [1.54, 1.807) is 0 Å². The van der Waals surface area contributed by atoms with E-state index in [-0.39, 0.29) is 12.6 Å². The van der Waals surface area contributed by atoms with Crippen LogP contribution in [0.4, 0.5) is 0 Å². The second-order valence-corrected chi connectivity index (χ2v) is 2.72. The second kappa shape index (κ2) is 12.6. The topological polar surface area (TPSA) is 110 Å². The Labute approximate surface area is 87.8 Å². The van der Waals surface area contributed by atoms with E-state index in [0.29, 0.717) is 6.61 Å². The molecule has 0 atom stereocenters. The van der Waals surface area contributed by atoms with E-state index >= 15 is 0 Å². The number of hydrogen-bond acceptors (Lipinski definition) is 5. The average molecular weight is 223 g/mol. The molecule has 0 aromatic heterocycles. The van der Waals surface area contributed by atoms with Crippen LogP contribution >= 0.6 is 0 Å². The minimum atomic E-state index is -1.50. The van der Waals surface area contributed by atoms with Gasteiger partial charge in [-0.25, -0.2) is 0 Å². The van der Waals surface area contributed by atoms with Crippen LogP contribution in [0.1, 0.15) is 32.6 Å². The molecule has 0 aromatic carbocycles. The van der Waals surface area contributed by atoms with Gasteiger partial charge in [-0.3, -0.25) is 4.79 Å². The van der Waals surface area contributed by atoms with Gasteiger partial charge < -0.3 is 15.1 Å². The highest BCUT2D eigenvalue weighted by Gasteiger charge is 1.92. The number of hydrogen-bond donors (Lipinski definition) is 2. The van der Waals surface area contributed by atoms with Gasteiger partial charge in [0.15, 0.2) is 0 Å². The van der Waals surface area contributed by atoms with Crippen molar-refractivity contribution in [2.24, 2.45) is 0 Å². The first kappa shape index (κ1) is 16.1. The number of unbranched alkanes of at least 4 members (excludes halogenated alkanes) is 3. The summed E-state index contributed by atoms with van der Waals surface area (Å²) in [6, 6.07) is 0. The minimum Gasteiger partial charge on any atom is -0.466 e. The van der Waals surface area contributed by atoms with Crippen molar-refractivity contribution in [1.82, 2.24) is 0 Å². The Bertz CT molecular complexity index is 169. The Balaban J connectivity index is 0. The third kappa shape index (κ3) is 32.5. The van der Waals surface area contributed by atoms with E-state index in [1.165, 1.54) is 6.92 Å². The van der Waals surface area contributed by atoms with Gasteiger partial charge in [0.05, 0.1) is 6.61 Å². The van der Waals surface area contributed by atoms with Gasteiger partial charge in [0.2, 0.25) is 0 Å². The van der Waals surface area contributed by atoms with Crippen molar-refractivity contribution in [2.45, 2.75) is 32.6 Å². The fourth-order valence-electron chi connectivity index (χ4n) is 0.783. The molecule has 0 amide bonds. The Hall–Kier alpha value is -1.37. The largest absolute Gasteiger partial charge is 0.466 e. The number of aliphatic hydroxyl groups is 1. The molecule has 0 saturated heterocycles. The van der Waals surface area contributed by atoms with Gasteiger partial charge in [-0.05, 0) is 19.3 Å². The molecule has 0 fully saturated rings. The zero-order valence-electron chi connectivity index (χ0n) is 8.72. The molecule has 0 spiro atoms. The van der Waals surface area contributed by atoms with Crippen molar-refractivity contribution in [3.05, 3.63) is 10.1 Å². The lowest BCUT2D eigenvalue weighted by atomic mass is 10.2. The van der Waals surface area contributed by atoms with Crippen molar-refractivity contribution in [1.29, 1.82) is 0 Å². The molecule has 0 aliphatic heterocycles. The Kier molecular flexibility index (Phi) is 13.5. The van der Waals surface area contributed by atoms with Crippen LogP contribution < -0.4 is 0 Å². The molecule has 0 aromatic rings. The molecular formula is C8H17NO6. The first-order valence-corrected chi connectivity index (χ1v) is 4.58. The third-order valence-electron chi connectivity index (χ3n) is 1.36. The van der Waals surface area contributed by atoms with Crippen LogP contribution in [0.5, 0.6) is 0 Å². The first-order chi connectivity index (χ1) is 7.00. The zero-order valence-corrected chi connectivity index (χ0v) is 8.72. The van der Waals surface area contributed by atoms with Crippen LogP contribution in [-0.2, 0) is 9.53 Å². The zero-order chi connectivity index (χ0) is 12.1. The van der Waals surface area contributed by atoms with Gasteiger partial charge in [0.1, 0.15) is 0 Å². The first-order valence-electron chi connectivity index (χ1n) is 4.58. The molecule has 0 saturated carbocycles. The van der Waals surface area contributed by atoms with E-state index in [9.17, 15) is 4.79 Å². The van der Waals surface area contributed by atoms with Crippen molar-refractivity contribution in [2.75, 3.05) is 13.2 Å². The normalized spacial score (nSPS) is 8.67. The molecule has 7 nitrogen and oxygen atoms in total. The van der Waals surface area contributed by atoms with Crippen LogP contribution in [0.15, 0.2) is 0 Å². The third-order valence-corrected chi connectivity index (χ3v) is 1.36. The predicted molar refractivity (Wildman–Crippen MR) is 51.0 cm³/mol. The fraction of sp³-hybridized carbons (Fsp3) is 0.875. The quantitative estimate of drug-likeness (QED) is 0.297. The van der Waals surface area contributed by atoms with Gasteiger partial charge in [-0.1, -0.05) is 6.42 Å². The van der Waals surface area contributed by atoms with Crippen molar-refractivity contribution >= 4 is 5.97 Å². The summed E-state index contributed by atoms with van der Waals surface area (Å²) in [5.41, 5.74) is 0. The minimum absolute atomic E-state index is 0.216. The summed E-state index contributed by atoms with van der Waals surface area (Å²) in [5, 5.41) is 22.1. The summed E-state index contributed by atoms with van der Waals surface area (Å²) in [7, 11) is 0. The number of aliphatic hydroxyl groups excluding tert-OH is 1. The van der Waals surface area contributed by atoms with Crippen LogP contribution in [0.25, 0.3) is 0 Å². The molecule has 15 heavy (non-hydrogen) atoms. The molecule has 0 radical (unpaired) electrons. The van der Waals surface area contributed by atoms with E-state index < -0.39 is 5.09 Å². The number of nitrogens with zero attached hydrogens (tertiary/aromatic N) is 1. The average Bonchev–Trinajstić information content (AvgIpc) is 2.09. The van der Waals surface area contributed by atoms with Crippen LogP contribution in [0, 0.1) is 10.1 Å². The maximum absolute atomic E-state index is 10.3. The molecule has 0 aliphatic rings. The molecule has 90 valence electrons. The van der Waals surface area contributed by atoms with Crippen LogP contribution in [0.3, 0.4) is 0 Å². The van der Waals surface area contributed by atoms with Gasteiger partial charge in [-0.2, -0.15) is 0 Å². The lowest BCUT2D eigenvalue weighted by molar-refractivity contribution is -0.742. The van der Waals surface area contributed by atoms with E-state index in [2.05, 4.69) is 0 Å². The number of carbonyl (C=O) groups excluding carboxylic acids is 1. The van der Waals surface area contributed by atoms with Crippen molar-refractivity contribution < 1.29 is 24.9 Å². The maximum Gasteiger partial charge on any atom is 0.302 e. The van der Waals surface area contributed by atoms with Crippen molar-refractivity contribution in [3.8, 4) is 0 Å². The van der Waals surface area contributed by atoms with Crippen LogP contribution in [-0.4, -0.2) is 34.6 Å². The highest BCUT2D eigenvalue weighted by atomic mass is 16.9. The monoisotopic (exact) mass is 223 g/mol. The molecule has 0 bridgehead atoms. The Morgan fingerprint density at radius 3 is 2.20 bits per heavy atom. The molecular weight excluding hydrogens is 206 g/mol. The summed E-state index contributed by atoms with van der Waals surface area (Å²) >= 11 is 0. The van der Waals surface area contributed by atoms with E-state index in [1.807, 2.05) is 0 Å². The van der Waals surface area contributed by atoms with Gasteiger partial charge >= 0.3 is 5.97 Å². The summed E-state index contributed by atoms with van der Waals surface area (Å²) in [6.07, 6.45) is 3.78. The highest BCUT2D eigenvalue weighted by Crippen LogP contribution is 1.98. The van der Waals surface area contributed by atoms with Crippen molar-refractivity contribution in [3.63, 3.8) is 0 Å². The van der Waals surface area contributed by atoms with Gasteiger partial charge in [-0.15, -0.1) is 10.1 Å². The maximum atomic E-state index is 10.3. The van der Waals surface area contributed by atoms with Crippen LogP contribution in [0.2, 0.25) is 0 Å². The summed E-state index contributed by atoms with van der Waals surface area (Å²) in [5.74, 6) is -0.216. The number of carbonyl (C=O) groups is 1. The molecule has 0 unspecified atom stereocenters. The summed E-state index contributed by atoms with van der Waals surface area (Å²) in [4.78, 5) is 18.6. The van der Waals surface area contributed by atoms with E-state index in [0.717, 1.165) is 25.7 Å². The lowest BCUT2D eigenvalue weighted by Gasteiger charge is -2.00. The van der Waals surface area contributed by atoms with Gasteiger partial charge in [0.25, 0.3) is 5.09 Å². The fourth-order valence-corrected chi connectivity index (χ4v) is 0.783. The Morgan fingerprint density at radius 2 is 1.80 bits per heavy atom. The highest BCUT2D eigenvalue weighted by molar-refractivity contribution is 5.65. The predicted octanol–water partition coefficient (Wildman–Crippen LogP) is 0.754. The van der Waals surface area contributed by atoms with E-state index in [4.69, 9.17) is 25.2 Å². The Morgan fingerprint density at radius 1 is 1.33 bits per heavy atom. The standard InChI is InChI=1S/C8H16O3.HNO3/c1-8(10)11-7-5-3-2-4-6-9;2-1(3)4/h9H,2-7H2,1H3;(H,2,3,4). The number of ether oxygens (including phenoxy) is 1. The molecule has 0 aliphatic carbocycles. The number of esters is 1. The molecule has 2 N–H and O–H groups in total. The SMILES string of the molecule is CC(=O)OCCCCCCO.O=[N+]([O-])O. The smallest absolute Gasteiger partial charge is 0.302 e. The second-order valence-electron chi connectivity index (χ2n) is 2.72. The lowest BCUT2D eigenvalue weighted by Crippen LogP contribution is -2.00. The number of rotatable bonds is 6. The molecule has 0 rings (SSSR count). The summed E-state index contributed by atoms with van der Waals surface area (Å²) < 4.78 is 4.72. The molecule has 7 heteroatoms. The summed E-state index contributed by atoms with van der Waals surface area (Å²) in [6.45, 7) is 2.18.